The molecule has 4 rings (SSSR count). The predicted molar refractivity (Wildman–Crippen MR) is 181 cm³/mol. The fraction of sp³-hybridized carbons (Fsp3) is 0.250. The van der Waals surface area contributed by atoms with Gasteiger partial charge < -0.3 is 40.2 Å². The van der Waals surface area contributed by atoms with Gasteiger partial charge in [-0.1, -0.05) is 42.5 Å². The Labute approximate surface area is 274 Å². The van der Waals surface area contributed by atoms with E-state index in [1.807, 2.05) is 78.8 Å². The Morgan fingerprint density at radius 3 is 2.19 bits per heavy atom. The number of benzene rings is 3. The van der Waals surface area contributed by atoms with Gasteiger partial charge in [-0.15, -0.1) is 0 Å². The van der Waals surface area contributed by atoms with Gasteiger partial charge in [0.2, 0.25) is 5.91 Å². The molecule has 0 aromatic heterocycles. The average Bonchev–Trinajstić information content (AvgIpc) is 3.29. The van der Waals surface area contributed by atoms with Crippen LogP contribution in [-0.4, -0.2) is 49.2 Å². The van der Waals surface area contributed by atoms with Crippen LogP contribution in [0.1, 0.15) is 48.5 Å². The number of para-hydroxylation sites is 1. The molecular formula is C36H40N4O7. The molecule has 1 aliphatic heterocycles. The van der Waals surface area contributed by atoms with Crippen LogP contribution in [0.25, 0.3) is 0 Å². The van der Waals surface area contributed by atoms with Crippen LogP contribution < -0.4 is 30.2 Å². The molecule has 0 radical (unpaired) electrons. The van der Waals surface area contributed by atoms with Gasteiger partial charge in [0.25, 0.3) is 0 Å². The minimum atomic E-state index is -0.963. The van der Waals surface area contributed by atoms with Crippen molar-refractivity contribution in [1.82, 2.24) is 10.2 Å². The number of ether oxygens (including phenoxy) is 3. The van der Waals surface area contributed by atoms with Gasteiger partial charge in [-0.3, -0.25) is 9.59 Å². The maximum absolute atomic E-state index is 12.8. The molecule has 0 saturated heterocycles. The first-order chi connectivity index (χ1) is 22.6. The molecule has 1 heterocycles. The first-order valence-electron chi connectivity index (χ1n) is 15.0. The van der Waals surface area contributed by atoms with Crippen molar-refractivity contribution >= 4 is 29.3 Å². The Balaban J connectivity index is 1.61. The molecule has 2 unspecified atom stereocenters. The third-order valence-corrected chi connectivity index (χ3v) is 7.60. The Hall–Kier alpha value is -5.71. The minimum Gasteiger partial charge on any atom is -0.495 e. The Morgan fingerprint density at radius 2 is 1.51 bits per heavy atom. The van der Waals surface area contributed by atoms with Crippen molar-refractivity contribution in [3.8, 4) is 17.2 Å². The number of rotatable bonds is 13. The van der Waals surface area contributed by atoms with E-state index in [-0.39, 0.29) is 12.3 Å². The first-order valence-corrected chi connectivity index (χ1v) is 15.0. The molecule has 3 aromatic carbocycles. The van der Waals surface area contributed by atoms with E-state index in [4.69, 9.17) is 14.2 Å². The van der Waals surface area contributed by atoms with Crippen molar-refractivity contribution in [3.05, 3.63) is 114 Å². The van der Waals surface area contributed by atoms with Gasteiger partial charge in [-0.05, 0) is 72.0 Å². The number of hydrogen-bond donors (Lipinski definition) is 4. The summed E-state index contributed by atoms with van der Waals surface area (Å²) in [6, 6.07) is 16.7. The van der Waals surface area contributed by atoms with E-state index in [2.05, 4.69) is 16.0 Å². The zero-order chi connectivity index (χ0) is 33.9. The lowest BCUT2D eigenvalue weighted by Crippen LogP contribution is -2.27. The Kier molecular flexibility index (Phi) is 11.7. The van der Waals surface area contributed by atoms with Crippen LogP contribution in [0.15, 0.2) is 96.9 Å². The lowest BCUT2D eigenvalue weighted by molar-refractivity contribution is -0.138. The van der Waals surface area contributed by atoms with Gasteiger partial charge >= 0.3 is 12.0 Å². The van der Waals surface area contributed by atoms with Crippen LogP contribution in [0.2, 0.25) is 0 Å². The van der Waals surface area contributed by atoms with Gasteiger partial charge in [0.15, 0.2) is 11.5 Å². The maximum Gasteiger partial charge on any atom is 0.323 e. The summed E-state index contributed by atoms with van der Waals surface area (Å²) in [6.45, 7) is 3.35. The monoisotopic (exact) mass is 640 g/mol. The average molecular weight is 641 g/mol. The summed E-state index contributed by atoms with van der Waals surface area (Å²) in [5, 5.41) is 18.5. The van der Waals surface area contributed by atoms with Crippen molar-refractivity contribution in [2.24, 2.45) is 0 Å². The van der Waals surface area contributed by atoms with Crippen LogP contribution in [0, 0.1) is 6.92 Å². The molecule has 47 heavy (non-hydrogen) atoms. The molecule has 1 aliphatic rings. The van der Waals surface area contributed by atoms with Gasteiger partial charge in [-0.25, -0.2) is 4.79 Å². The zero-order valence-electron chi connectivity index (χ0n) is 27.1. The summed E-state index contributed by atoms with van der Waals surface area (Å²) in [7, 11) is 4.58. The van der Waals surface area contributed by atoms with Crippen LogP contribution in [0.4, 0.5) is 16.2 Å². The number of anilines is 2. The summed E-state index contributed by atoms with van der Waals surface area (Å²) in [4.78, 5) is 38.9. The number of aryl methyl sites for hydroxylation is 1. The summed E-state index contributed by atoms with van der Waals surface area (Å²) in [5.41, 5.74) is 4.39. The SMILES string of the molecule is COc1cc(C(CC2=CN(C(CC(=O)O)c3ccc(OC)c(OC)c3)C=CC=C2)NC(C)=O)ccc1NC(=O)Nc1ccccc1C. The van der Waals surface area contributed by atoms with Crippen molar-refractivity contribution in [3.63, 3.8) is 0 Å². The van der Waals surface area contributed by atoms with Crippen LogP contribution in [0.5, 0.6) is 17.2 Å². The van der Waals surface area contributed by atoms with Crippen LogP contribution in [-0.2, 0) is 9.59 Å². The molecular weight excluding hydrogens is 600 g/mol. The van der Waals surface area contributed by atoms with Gasteiger partial charge in [0.1, 0.15) is 5.75 Å². The smallest absolute Gasteiger partial charge is 0.323 e. The van der Waals surface area contributed by atoms with Crippen molar-refractivity contribution < 1.29 is 33.7 Å². The number of amides is 3. The fourth-order valence-electron chi connectivity index (χ4n) is 5.29. The van der Waals surface area contributed by atoms with E-state index >= 15 is 0 Å². The minimum absolute atomic E-state index is 0.179. The zero-order valence-corrected chi connectivity index (χ0v) is 27.1. The lowest BCUT2D eigenvalue weighted by atomic mass is 9.97. The number of urea groups is 1. The molecule has 0 bridgehead atoms. The van der Waals surface area contributed by atoms with E-state index in [1.54, 1.807) is 31.4 Å². The van der Waals surface area contributed by atoms with Crippen molar-refractivity contribution in [2.45, 2.75) is 38.8 Å². The first kappa shape index (κ1) is 34.2. The number of carbonyl (C=O) groups excluding carboxylic acids is 2. The van der Waals surface area contributed by atoms with E-state index in [9.17, 15) is 19.5 Å². The normalized spacial score (nSPS) is 13.5. The molecule has 0 fully saturated rings. The highest BCUT2D eigenvalue weighted by molar-refractivity contribution is 6.01. The van der Waals surface area contributed by atoms with Gasteiger partial charge in [0, 0.05) is 25.0 Å². The molecule has 4 N–H and O–H groups in total. The summed E-state index contributed by atoms with van der Waals surface area (Å²) in [6.07, 6.45) is 9.50. The van der Waals surface area contributed by atoms with Gasteiger partial charge in [0.05, 0.1) is 45.5 Å². The topological polar surface area (TPSA) is 138 Å². The standard InChI is InChI=1S/C36H40N4O7/c1-23-10-6-7-12-28(23)38-36(44)39-29-15-13-26(19-33(29)46-4)30(37-24(2)41)18-25-11-8-9-17-40(22-25)31(21-35(42)43)27-14-16-32(45-3)34(20-27)47-5/h6-17,19-20,22,30-31H,18,21H2,1-5H3,(H,37,41)(H,42,43)(H2,38,39,44). The number of carboxylic acid groups (broad SMARTS) is 1. The van der Waals surface area contributed by atoms with Crippen LogP contribution in [0.3, 0.4) is 0 Å². The lowest BCUT2D eigenvalue weighted by Gasteiger charge is -2.28. The third kappa shape index (κ3) is 9.16. The summed E-state index contributed by atoms with van der Waals surface area (Å²) < 4.78 is 16.5. The number of allylic oxidation sites excluding steroid dienone is 3. The van der Waals surface area contributed by atoms with E-state index in [0.29, 0.717) is 35.0 Å². The van der Waals surface area contributed by atoms with E-state index in [1.165, 1.54) is 21.1 Å². The molecule has 0 aliphatic carbocycles. The quantitative estimate of drug-likeness (QED) is 0.162. The number of nitrogens with one attached hydrogen (secondary N) is 3. The van der Waals surface area contributed by atoms with Crippen LogP contribution >= 0.6 is 0 Å². The third-order valence-electron chi connectivity index (χ3n) is 7.60. The molecule has 11 nitrogen and oxygen atoms in total. The predicted octanol–water partition coefficient (Wildman–Crippen LogP) is 6.72. The van der Waals surface area contributed by atoms with Crippen molar-refractivity contribution in [2.75, 3.05) is 32.0 Å². The van der Waals surface area contributed by atoms with Gasteiger partial charge in [-0.2, -0.15) is 0 Å². The molecule has 3 aromatic rings. The molecule has 0 saturated carbocycles. The summed E-state index contributed by atoms with van der Waals surface area (Å²) in [5.74, 6) is 0.260. The second-order valence-electron chi connectivity index (χ2n) is 10.9. The van der Waals surface area contributed by atoms with Crippen molar-refractivity contribution in [1.29, 1.82) is 0 Å². The van der Waals surface area contributed by atoms with E-state index in [0.717, 1.165) is 22.3 Å². The largest absolute Gasteiger partial charge is 0.495 e. The summed E-state index contributed by atoms with van der Waals surface area (Å²) >= 11 is 0. The molecule has 0 spiro atoms. The highest BCUT2D eigenvalue weighted by atomic mass is 16.5. The second kappa shape index (κ2) is 16.0. The Morgan fingerprint density at radius 1 is 0.830 bits per heavy atom. The molecule has 246 valence electrons. The Bertz CT molecular complexity index is 1700. The molecule has 3 amide bonds. The molecule has 11 heteroatoms. The number of methoxy groups -OCH3 is 3. The van der Waals surface area contributed by atoms with E-state index < -0.39 is 24.1 Å². The molecule has 2 atom stereocenters. The number of nitrogens with zero attached hydrogens (tertiary/aromatic N) is 1. The number of carbonyl (C=O) groups is 3. The number of carboxylic acids is 1. The highest BCUT2D eigenvalue weighted by Crippen LogP contribution is 2.36. The fourth-order valence-corrected chi connectivity index (χ4v) is 5.29. The maximum atomic E-state index is 12.8. The highest BCUT2D eigenvalue weighted by Gasteiger charge is 2.24. The number of aliphatic carboxylic acids is 1. The second-order valence-corrected chi connectivity index (χ2v) is 10.9. The number of hydrogen-bond acceptors (Lipinski definition) is 7.